The fraction of sp³-hybridized carbons (Fsp3) is 0.438. The number of benzene rings is 1. The van der Waals surface area contributed by atoms with Gasteiger partial charge in [0.25, 0.3) is 0 Å². The van der Waals surface area contributed by atoms with E-state index in [2.05, 4.69) is 9.88 Å². The molecule has 0 saturated carbocycles. The SMILES string of the molecule is NC(=O)C1CCN(C[C@@H](O)c2c[nH]c3ccccc23)CC1. The molecule has 5 heteroatoms. The molecule has 2 aromatic rings. The van der Waals surface area contributed by atoms with Gasteiger partial charge in [-0.2, -0.15) is 0 Å². The van der Waals surface area contributed by atoms with E-state index in [1.807, 2.05) is 30.5 Å². The first-order valence-corrected chi connectivity index (χ1v) is 7.41. The van der Waals surface area contributed by atoms with Gasteiger partial charge in [0.1, 0.15) is 0 Å². The van der Waals surface area contributed by atoms with Crippen molar-refractivity contribution < 1.29 is 9.90 Å². The van der Waals surface area contributed by atoms with Crippen molar-refractivity contribution in [2.45, 2.75) is 18.9 Å². The van der Waals surface area contributed by atoms with Crippen LogP contribution in [0.25, 0.3) is 10.9 Å². The standard InChI is InChI=1S/C16H21N3O2/c17-16(21)11-5-7-19(8-6-11)10-15(20)13-9-18-14-4-2-1-3-12(13)14/h1-4,9,11,15,18,20H,5-8,10H2,(H2,17,21)/t15-/m1/s1. The zero-order chi connectivity index (χ0) is 14.8. The number of hydrogen-bond donors (Lipinski definition) is 3. The van der Waals surface area contributed by atoms with Crippen molar-refractivity contribution in [2.75, 3.05) is 19.6 Å². The Kier molecular flexibility index (Phi) is 3.94. The number of H-pyrrole nitrogens is 1. The molecule has 0 bridgehead atoms. The summed E-state index contributed by atoms with van der Waals surface area (Å²) in [7, 11) is 0. The zero-order valence-electron chi connectivity index (χ0n) is 12.0. The van der Waals surface area contributed by atoms with E-state index in [-0.39, 0.29) is 11.8 Å². The monoisotopic (exact) mass is 287 g/mol. The molecule has 112 valence electrons. The number of para-hydroxylation sites is 1. The first kappa shape index (κ1) is 14.1. The molecule has 0 radical (unpaired) electrons. The van der Waals surface area contributed by atoms with Crippen molar-refractivity contribution in [2.24, 2.45) is 11.7 Å². The number of primary amides is 1. The molecule has 1 aliphatic heterocycles. The van der Waals surface area contributed by atoms with Crippen molar-refractivity contribution >= 4 is 16.8 Å². The van der Waals surface area contributed by atoms with E-state index < -0.39 is 6.10 Å². The minimum atomic E-state index is -0.522. The summed E-state index contributed by atoms with van der Waals surface area (Å²) in [4.78, 5) is 16.6. The highest BCUT2D eigenvalue weighted by Gasteiger charge is 2.25. The fourth-order valence-electron chi connectivity index (χ4n) is 3.11. The summed E-state index contributed by atoms with van der Waals surface area (Å²) < 4.78 is 0. The Morgan fingerprint density at radius 2 is 2.10 bits per heavy atom. The number of nitrogens with one attached hydrogen (secondary N) is 1. The number of piperidine rings is 1. The quantitative estimate of drug-likeness (QED) is 0.795. The lowest BCUT2D eigenvalue weighted by Gasteiger charge is -2.31. The third-order valence-corrected chi connectivity index (χ3v) is 4.40. The van der Waals surface area contributed by atoms with Crippen molar-refractivity contribution in [3.8, 4) is 0 Å². The van der Waals surface area contributed by atoms with E-state index in [1.165, 1.54) is 0 Å². The number of β-amino-alcohol motifs (C(OH)–C–C–N with tert-alkyl or cyclic N) is 1. The van der Waals surface area contributed by atoms with Crippen LogP contribution < -0.4 is 5.73 Å². The van der Waals surface area contributed by atoms with Gasteiger partial charge in [-0.15, -0.1) is 0 Å². The number of aromatic amines is 1. The molecule has 1 aromatic carbocycles. The largest absolute Gasteiger partial charge is 0.387 e. The maximum atomic E-state index is 11.2. The van der Waals surface area contributed by atoms with Gasteiger partial charge in [0.2, 0.25) is 5.91 Å². The molecule has 1 atom stereocenters. The van der Waals surface area contributed by atoms with E-state index in [1.54, 1.807) is 0 Å². The van der Waals surface area contributed by atoms with Gasteiger partial charge in [-0.05, 0) is 32.0 Å². The average Bonchev–Trinajstić information content (AvgIpc) is 2.92. The summed E-state index contributed by atoms with van der Waals surface area (Å²) in [6.07, 6.45) is 2.93. The minimum absolute atomic E-state index is 0.00789. The fourth-order valence-corrected chi connectivity index (χ4v) is 3.11. The van der Waals surface area contributed by atoms with Crippen LogP contribution in [0, 0.1) is 5.92 Å². The molecule has 3 rings (SSSR count). The molecule has 0 aliphatic carbocycles. The molecule has 5 nitrogen and oxygen atoms in total. The smallest absolute Gasteiger partial charge is 0.220 e. The third-order valence-electron chi connectivity index (χ3n) is 4.40. The lowest BCUT2D eigenvalue weighted by atomic mass is 9.96. The van der Waals surface area contributed by atoms with Crippen LogP contribution in [0.1, 0.15) is 24.5 Å². The van der Waals surface area contributed by atoms with Crippen LogP contribution in [0.15, 0.2) is 30.5 Å². The Morgan fingerprint density at radius 1 is 1.38 bits per heavy atom. The Bertz CT molecular complexity index is 629. The highest BCUT2D eigenvalue weighted by atomic mass is 16.3. The highest BCUT2D eigenvalue weighted by molar-refractivity contribution is 5.83. The molecule has 1 fully saturated rings. The summed E-state index contributed by atoms with van der Waals surface area (Å²) >= 11 is 0. The number of rotatable bonds is 4. The number of aromatic nitrogens is 1. The van der Waals surface area contributed by atoms with Crippen molar-refractivity contribution in [3.63, 3.8) is 0 Å². The van der Waals surface area contributed by atoms with Gasteiger partial charge in [-0.3, -0.25) is 4.79 Å². The molecule has 0 spiro atoms. The maximum Gasteiger partial charge on any atom is 0.220 e. The molecule has 1 saturated heterocycles. The minimum Gasteiger partial charge on any atom is -0.387 e. The van der Waals surface area contributed by atoms with Gasteiger partial charge >= 0.3 is 0 Å². The lowest BCUT2D eigenvalue weighted by molar-refractivity contribution is -0.123. The summed E-state index contributed by atoms with van der Waals surface area (Å²) in [5.74, 6) is -0.210. The Labute approximate surface area is 123 Å². The molecule has 4 N–H and O–H groups in total. The van der Waals surface area contributed by atoms with Gasteiger partial charge in [-0.1, -0.05) is 18.2 Å². The van der Waals surface area contributed by atoms with Crippen LogP contribution in [0.2, 0.25) is 0 Å². The number of aliphatic hydroxyl groups is 1. The average molecular weight is 287 g/mol. The third kappa shape index (κ3) is 2.94. The lowest BCUT2D eigenvalue weighted by Crippen LogP contribution is -2.40. The van der Waals surface area contributed by atoms with E-state index >= 15 is 0 Å². The number of amides is 1. The van der Waals surface area contributed by atoms with Gasteiger partial charge in [0, 0.05) is 35.1 Å². The Balaban J connectivity index is 1.64. The Morgan fingerprint density at radius 3 is 2.81 bits per heavy atom. The number of nitrogens with zero attached hydrogens (tertiary/aromatic N) is 1. The van der Waals surface area contributed by atoms with Crippen LogP contribution in [0.4, 0.5) is 0 Å². The zero-order valence-corrected chi connectivity index (χ0v) is 12.0. The van der Waals surface area contributed by atoms with Crippen molar-refractivity contribution in [3.05, 3.63) is 36.0 Å². The van der Waals surface area contributed by atoms with Gasteiger partial charge in [0.15, 0.2) is 0 Å². The number of aliphatic hydroxyl groups excluding tert-OH is 1. The number of fused-ring (bicyclic) bond motifs is 1. The van der Waals surface area contributed by atoms with Crippen LogP contribution in [0.5, 0.6) is 0 Å². The topological polar surface area (TPSA) is 82.3 Å². The predicted molar refractivity (Wildman–Crippen MR) is 81.6 cm³/mol. The van der Waals surface area contributed by atoms with Crippen LogP contribution in [-0.2, 0) is 4.79 Å². The second-order valence-corrected chi connectivity index (χ2v) is 5.78. The maximum absolute atomic E-state index is 11.2. The second-order valence-electron chi connectivity index (χ2n) is 5.78. The molecule has 21 heavy (non-hydrogen) atoms. The summed E-state index contributed by atoms with van der Waals surface area (Å²) in [5, 5.41) is 11.5. The van der Waals surface area contributed by atoms with Crippen LogP contribution in [0.3, 0.4) is 0 Å². The number of carbonyl (C=O) groups is 1. The van der Waals surface area contributed by atoms with E-state index in [0.29, 0.717) is 6.54 Å². The summed E-state index contributed by atoms with van der Waals surface area (Å²) in [5.41, 5.74) is 7.32. The van der Waals surface area contributed by atoms with E-state index in [0.717, 1.165) is 42.4 Å². The summed E-state index contributed by atoms with van der Waals surface area (Å²) in [6, 6.07) is 7.97. The molecule has 0 unspecified atom stereocenters. The number of nitrogens with two attached hydrogens (primary N) is 1. The number of likely N-dealkylation sites (tertiary alicyclic amines) is 1. The highest BCUT2D eigenvalue weighted by Crippen LogP contribution is 2.26. The normalized spacial score (nSPS) is 18.9. The number of hydrogen-bond acceptors (Lipinski definition) is 3. The van der Waals surface area contributed by atoms with Crippen LogP contribution >= 0.6 is 0 Å². The van der Waals surface area contributed by atoms with Gasteiger partial charge in [0.05, 0.1) is 6.10 Å². The molecular formula is C16H21N3O2. The van der Waals surface area contributed by atoms with Gasteiger partial charge in [-0.25, -0.2) is 0 Å². The Hall–Kier alpha value is -1.85. The first-order chi connectivity index (χ1) is 10.1. The predicted octanol–water partition coefficient (Wildman–Crippen LogP) is 1.40. The van der Waals surface area contributed by atoms with Gasteiger partial charge < -0.3 is 20.7 Å². The van der Waals surface area contributed by atoms with E-state index in [9.17, 15) is 9.90 Å². The molecule has 1 amide bonds. The molecule has 1 aliphatic rings. The molecular weight excluding hydrogens is 266 g/mol. The van der Waals surface area contributed by atoms with E-state index in [4.69, 9.17) is 5.73 Å². The molecule has 2 heterocycles. The molecule has 1 aromatic heterocycles. The number of carbonyl (C=O) groups excluding carboxylic acids is 1. The van der Waals surface area contributed by atoms with Crippen molar-refractivity contribution in [1.29, 1.82) is 0 Å². The first-order valence-electron chi connectivity index (χ1n) is 7.41. The van der Waals surface area contributed by atoms with Crippen molar-refractivity contribution in [1.82, 2.24) is 9.88 Å². The second kappa shape index (κ2) is 5.87. The summed E-state index contributed by atoms with van der Waals surface area (Å²) in [6.45, 7) is 2.22. The van der Waals surface area contributed by atoms with Crippen LogP contribution in [-0.4, -0.2) is 40.5 Å².